The van der Waals surface area contributed by atoms with E-state index in [4.69, 9.17) is 9.47 Å². The van der Waals surface area contributed by atoms with Crippen molar-refractivity contribution in [1.29, 1.82) is 0 Å². The average molecular weight is 691 g/mol. The number of hydrogen-bond acceptors (Lipinski definition) is 5. The molecular weight excluding hydrogens is 638 g/mol. The minimum absolute atomic E-state index is 0.0745. The van der Waals surface area contributed by atoms with E-state index in [0.717, 1.165) is 28.0 Å². The van der Waals surface area contributed by atoms with Crippen molar-refractivity contribution in [2.75, 3.05) is 20.3 Å². The molecule has 9 heteroatoms. The van der Waals surface area contributed by atoms with Crippen LogP contribution in [0.1, 0.15) is 119 Å². The van der Waals surface area contributed by atoms with Crippen molar-refractivity contribution in [1.82, 2.24) is 10.2 Å². The lowest BCUT2D eigenvalue weighted by molar-refractivity contribution is -0.147. The molecule has 0 saturated carbocycles. The van der Waals surface area contributed by atoms with Gasteiger partial charge in [-0.05, 0) is 78.1 Å². The highest BCUT2D eigenvalue weighted by Gasteiger charge is 2.42. The highest BCUT2D eigenvalue weighted by atomic mass is 19.1. The van der Waals surface area contributed by atoms with E-state index in [9.17, 15) is 23.2 Å². The maximum atomic E-state index is 14.2. The molecule has 1 aliphatic rings. The van der Waals surface area contributed by atoms with Gasteiger partial charge in [0.25, 0.3) is 5.91 Å². The monoisotopic (exact) mass is 690 g/mol. The zero-order valence-corrected chi connectivity index (χ0v) is 30.7. The first-order valence-electron chi connectivity index (χ1n) is 17.5. The summed E-state index contributed by atoms with van der Waals surface area (Å²) in [6.07, 6.45) is 2.50. The number of carbonyl (C=O) groups is 3. The fraction of sp³-hybridized carbons (Fsp3) is 0.488. The number of halogens is 2. The first-order valence-corrected chi connectivity index (χ1v) is 17.5. The van der Waals surface area contributed by atoms with Crippen LogP contribution in [0, 0.1) is 11.6 Å². The van der Waals surface area contributed by atoms with Gasteiger partial charge in [-0.25, -0.2) is 13.6 Å². The number of hydrogen-bond donors (Lipinski definition) is 1. The predicted octanol–water partition coefficient (Wildman–Crippen LogP) is 8.22. The minimum atomic E-state index is -0.835. The molecule has 2 amide bonds. The minimum Gasteiger partial charge on any atom is -0.496 e. The Bertz CT molecular complexity index is 1560. The third-order valence-electron chi connectivity index (χ3n) is 9.33. The summed E-state index contributed by atoms with van der Waals surface area (Å²) < 4.78 is 38.5. The maximum absolute atomic E-state index is 14.2. The van der Waals surface area contributed by atoms with Gasteiger partial charge in [0.2, 0.25) is 5.91 Å². The van der Waals surface area contributed by atoms with Crippen LogP contribution in [-0.4, -0.2) is 55.0 Å². The number of esters is 1. The van der Waals surface area contributed by atoms with Crippen LogP contribution >= 0.6 is 0 Å². The van der Waals surface area contributed by atoms with E-state index in [1.165, 1.54) is 29.2 Å². The van der Waals surface area contributed by atoms with Crippen LogP contribution in [-0.2, 0) is 25.2 Å². The molecule has 270 valence electrons. The van der Waals surface area contributed by atoms with E-state index in [1.54, 1.807) is 38.3 Å². The molecule has 1 aliphatic heterocycles. The van der Waals surface area contributed by atoms with E-state index < -0.39 is 18.1 Å². The summed E-state index contributed by atoms with van der Waals surface area (Å²) >= 11 is 0. The second-order valence-corrected chi connectivity index (χ2v) is 15.2. The lowest BCUT2D eigenvalue weighted by atomic mass is 9.78. The van der Waals surface area contributed by atoms with Crippen LogP contribution < -0.4 is 10.1 Å². The van der Waals surface area contributed by atoms with Crippen molar-refractivity contribution < 1.29 is 32.6 Å². The molecule has 0 unspecified atom stereocenters. The van der Waals surface area contributed by atoms with Crippen LogP contribution in [0.2, 0.25) is 0 Å². The molecule has 1 fully saturated rings. The molecule has 0 aliphatic carbocycles. The van der Waals surface area contributed by atoms with Gasteiger partial charge in [-0.3, -0.25) is 9.59 Å². The predicted molar refractivity (Wildman–Crippen MR) is 192 cm³/mol. The van der Waals surface area contributed by atoms with Gasteiger partial charge in [0.1, 0.15) is 23.4 Å². The zero-order valence-electron chi connectivity index (χ0n) is 30.7. The SMILES string of the molecule is CCOC(=O)[C@@H]1C[C@H](NC(=O)CCCCC(c2ccc(F)cc2)c2ccc(F)cc2)CN1C(=O)c1cc(C(C)(C)C)c(OC)c(C(C)(C)C)c1. The number of unbranched alkanes of at least 4 members (excludes halogenated alkanes) is 1. The van der Waals surface area contributed by atoms with Crippen molar-refractivity contribution in [2.24, 2.45) is 0 Å². The Hall–Kier alpha value is -4.27. The lowest BCUT2D eigenvalue weighted by Gasteiger charge is -2.31. The number of ether oxygens (including phenoxy) is 2. The lowest BCUT2D eigenvalue weighted by Crippen LogP contribution is -2.42. The molecule has 4 rings (SSSR count). The standard InChI is InChI=1S/C41H52F2N2O5/c1-9-50-39(48)35-24-31(25-45(35)38(47)28-22-33(40(2,3)4)37(49-8)34(23-28)41(5,6)7)44-36(46)13-11-10-12-32(26-14-18-29(42)19-15-26)27-16-20-30(43)21-17-27/h14-23,31-32,35H,9-13,24-25H2,1-8H3,(H,44,46)/t31-,35-/m0/s1. The Kier molecular flexibility index (Phi) is 12.5. The number of carbonyl (C=O) groups excluding carboxylic acids is 3. The zero-order chi connectivity index (χ0) is 36.8. The van der Waals surface area contributed by atoms with Crippen LogP contribution in [0.4, 0.5) is 8.78 Å². The summed E-state index contributed by atoms with van der Waals surface area (Å²) in [5.41, 5.74) is 3.46. The third-order valence-corrected chi connectivity index (χ3v) is 9.33. The molecule has 0 bridgehead atoms. The molecular formula is C41H52F2N2O5. The van der Waals surface area contributed by atoms with Crippen molar-refractivity contribution in [2.45, 2.75) is 109 Å². The van der Waals surface area contributed by atoms with Gasteiger partial charge >= 0.3 is 5.97 Å². The largest absolute Gasteiger partial charge is 0.496 e. The molecule has 0 aromatic heterocycles. The van der Waals surface area contributed by atoms with Gasteiger partial charge in [-0.1, -0.05) is 72.2 Å². The first-order chi connectivity index (χ1) is 23.5. The molecule has 0 radical (unpaired) electrons. The Morgan fingerprint density at radius 1 is 0.860 bits per heavy atom. The molecule has 50 heavy (non-hydrogen) atoms. The fourth-order valence-electron chi connectivity index (χ4n) is 6.73. The summed E-state index contributed by atoms with van der Waals surface area (Å²) in [6, 6.07) is 15.1. The van der Waals surface area contributed by atoms with Crippen LogP contribution in [0.15, 0.2) is 60.7 Å². The first kappa shape index (κ1) is 38.5. The topological polar surface area (TPSA) is 84.9 Å². The number of rotatable bonds is 12. The molecule has 2 atom stereocenters. The van der Waals surface area contributed by atoms with E-state index >= 15 is 0 Å². The van der Waals surface area contributed by atoms with Crippen molar-refractivity contribution in [3.8, 4) is 5.75 Å². The van der Waals surface area contributed by atoms with Gasteiger partial charge in [-0.15, -0.1) is 0 Å². The van der Waals surface area contributed by atoms with Crippen molar-refractivity contribution in [3.05, 3.63) is 100 Å². The molecule has 1 heterocycles. The summed E-state index contributed by atoms with van der Waals surface area (Å²) in [5.74, 6) is -0.937. The van der Waals surface area contributed by atoms with E-state index in [-0.39, 0.29) is 66.2 Å². The van der Waals surface area contributed by atoms with Gasteiger partial charge in [0.15, 0.2) is 0 Å². The summed E-state index contributed by atoms with van der Waals surface area (Å²) in [5, 5.41) is 3.05. The van der Waals surface area contributed by atoms with Crippen molar-refractivity contribution >= 4 is 17.8 Å². The number of methoxy groups -OCH3 is 1. The summed E-state index contributed by atoms with van der Waals surface area (Å²) in [6.45, 7) is 14.5. The van der Waals surface area contributed by atoms with E-state index in [2.05, 4.69) is 46.9 Å². The van der Waals surface area contributed by atoms with Crippen LogP contribution in [0.5, 0.6) is 5.75 Å². The molecule has 0 spiro atoms. The quantitative estimate of drug-likeness (QED) is 0.153. The second kappa shape index (κ2) is 16.2. The molecule has 3 aromatic carbocycles. The van der Waals surface area contributed by atoms with Gasteiger partial charge in [-0.2, -0.15) is 0 Å². The van der Waals surface area contributed by atoms with Crippen LogP contribution in [0.25, 0.3) is 0 Å². The Morgan fingerprint density at radius 2 is 1.38 bits per heavy atom. The fourth-order valence-corrected chi connectivity index (χ4v) is 6.73. The molecule has 3 aromatic rings. The normalized spacial score (nSPS) is 16.4. The molecule has 7 nitrogen and oxygen atoms in total. The Balaban J connectivity index is 1.46. The number of nitrogens with zero attached hydrogens (tertiary/aromatic N) is 1. The Labute approximate surface area is 295 Å². The number of benzene rings is 3. The van der Waals surface area contributed by atoms with E-state index in [0.29, 0.717) is 24.8 Å². The molecule has 1 saturated heterocycles. The number of likely N-dealkylation sites (tertiary alicyclic amines) is 1. The smallest absolute Gasteiger partial charge is 0.328 e. The third kappa shape index (κ3) is 9.49. The van der Waals surface area contributed by atoms with Gasteiger partial charge in [0.05, 0.1) is 13.7 Å². The van der Waals surface area contributed by atoms with Gasteiger partial charge in [0, 0.05) is 48.0 Å². The Morgan fingerprint density at radius 3 is 1.84 bits per heavy atom. The highest BCUT2D eigenvalue weighted by molar-refractivity contribution is 5.98. The summed E-state index contributed by atoms with van der Waals surface area (Å²) in [7, 11) is 1.64. The second-order valence-electron chi connectivity index (χ2n) is 15.2. The van der Waals surface area contributed by atoms with Crippen molar-refractivity contribution in [3.63, 3.8) is 0 Å². The average Bonchev–Trinajstić information content (AvgIpc) is 3.48. The summed E-state index contributed by atoms with van der Waals surface area (Å²) in [4.78, 5) is 42.0. The molecule has 1 N–H and O–H groups in total. The van der Waals surface area contributed by atoms with Crippen LogP contribution in [0.3, 0.4) is 0 Å². The maximum Gasteiger partial charge on any atom is 0.328 e. The van der Waals surface area contributed by atoms with E-state index in [1.807, 2.05) is 12.1 Å². The van der Waals surface area contributed by atoms with Gasteiger partial charge < -0.3 is 19.7 Å². The highest BCUT2D eigenvalue weighted by Crippen LogP contribution is 2.41. The number of nitrogens with one attached hydrogen (secondary N) is 1. The number of amides is 2.